The number of benzene rings is 1. The van der Waals surface area contributed by atoms with E-state index in [0.717, 1.165) is 44.5 Å². The van der Waals surface area contributed by atoms with Crippen molar-refractivity contribution in [2.75, 3.05) is 26.2 Å². The highest BCUT2D eigenvalue weighted by molar-refractivity contribution is 5.14. The van der Waals surface area contributed by atoms with Gasteiger partial charge in [-0.1, -0.05) is 30.3 Å². The molecule has 2 aliphatic rings. The Hall–Kier alpha value is -1.76. The molecule has 0 atom stereocenters. The lowest BCUT2D eigenvalue weighted by molar-refractivity contribution is 0.122. The minimum Gasteiger partial charge on any atom is -0.388 e. The Bertz CT molecular complexity index is 678. The van der Waals surface area contributed by atoms with Crippen LogP contribution in [0.1, 0.15) is 30.1 Å². The molecule has 2 aromatic rings. The van der Waals surface area contributed by atoms with Crippen LogP contribution >= 0.6 is 0 Å². The summed E-state index contributed by atoms with van der Waals surface area (Å²) >= 11 is 0. The molecule has 0 unspecified atom stereocenters. The van der Waals surface area contributed by atoms with Gasteiger partial charge in [0, 0.05) is 26.2 Å². The van der Waals surface area contributed by atoms with Crippen molar-refractivity contribution < 1.29 is 5.11 Å². The van der Waals surface area contributed by atoms with Crippen LogP contribution in [-0.2, 0) is 26.2 Å². The van der Waals surface area contributed by atoms with E-state index in [1.54, 1.807) is 0 Å². The summed E-state index contributed by atoms with van der Waals surface area (Å²) in [5, 5.41) is 17.6. The van der Waals surface area contributed by atoms with E-state index in [0.29, 0.717) is 5.82 Å². The van der Waals surface area contributed by atoms with E-state index in [4.69, 9.17) is 0 Å². The number of fused-ring (bicyclic) bond motifs is 1. The van der Waals surface area contributed by atoms with Crippen molar-refractivity contribution in [2.45, 2.75) is 39.1 Å². The second kappa shape index (κ2) is 7.64. The maximum absolute atomic E-state index is 9.30. The first kappa shape index (κ1) is 16.7. The number of rotatable bonds is 5. The molecule has 134 valence electrons. The molecule has 0 bridgehead atoms. The lowest BCUT2D eigenvalue weighted by Crippen LogP contribution is -2.41. The van der Waals surface area contributed by atoms with Gasteiger partial charge in [0.1, 0.15) is 12.4 Å². The predicted molar refractivity (Wildman–Crippen MR) is 95.7 cm³/mol. The molecule has 0 radical (unpaired) electrons. The summed E-state index contributed by atoms with van der Waals surface area (Å²) in [6.07, 6.45) is 2.55. The molecule has 3 heterocycles. The third-order valence-electron chi connectivity index (χ3n) is 5.52. The van der Waals surface area contributed by atoms with Crippen molar-refractivity contribution in [1.29, 1.82) is 0 Å². The minimum absolute atomic E-state index is 0.0210. The summed E-state index contributed by atoms with van der Waals surface area (Å²) in [6.45, 7) is 7.37. The van der Waals surface area contributed by atoms with Gasteiger partial charge < -0.3 is 9.67 Å². The van der Waals surface area contributed by atoms with E-state index in [1.165, 1.54) is 31.5 Å². The molecule has 0 aliphatic carbocycles. The summed E-state index contributed by atoms with van der Waals surface area (Å²) in [4.78, 5) is 5.08. The Balaban J connectivity index is 1.25. The van der Waals surface area contributed by atoms with Crippen molar-refractivity contribution in [3.63, 3.8) is 0 Å². The van der Waals surface area contributed by atoms with Crippen LogP contribution in [0.25, 0.3) is 0 Å². The highest BCUT2D eigenvalue weighted by Crippen LogP contribution is 2.22. The van der Waals surface area contributed by atoms with Gasteiger partial charge in [-0.25, -0.2) is 0 Å². The number of hydrogen-bond acceptors (Lipinski definition) is 5. The van der Waals surface area contributed by atoms with E-state index in [2.05, 4.69) is 54.9 Å². The van der Waals surface area contributed by atoms with Gasteiger partial charge in [-0.3, -0.25) is 9.80 Å². The standard InChI is InChI=1S/C19H27N5O/c25-15-19-21-20-18-14-23(10-11-24(18)19)13-17-6-8-22(9-7-17)12-16-4-2-1-3-5-16/h1-5,17,25H,6-15H2. The van der Waals surface area contributed by atoms with Gasteiger partial charge in [-0.05, 0) is 37.4 Å². The second-order valence-electron chi connectivity index (χ2n) is 7.28. The normalized spacial score (nSPS) is 19.9. The molecule has 1 saturated heterocycles. The lowest BCUT2D eigenvalue weighted by Gasteiger charge is -2.36. The topological polar surface area (TPSA) is 57.4 Å². The minimum atomic E-state index is -0.0210. The van der Waals surface area contributed by atoms with Crippen LogP contribution in [0.5, 0.6) is 0 Å². The fourth-order valence-corrected chi connectivity index (χ4v) is 4.07. The fourth-order valence-electron chi connectivity index (χ4n) is 4.07. The van der Waals surface area contributed by atoms with Gasteiger partial charge in [0.2, 0.25) is 0 Å². The summed E-state index contributed by atoms with van der Waals surface area (Å²) in [5.41, 5.74) is 1.41. The van der Waals surface area contributed by atoms with Gasteiger partial charge in [0.25, 0.3) is 0 Å². The molecule has 0 amide bonds. The van der Waals surface area contributed by atoms with Crippen LogP contribution in [0.2, 0.25) is 0 Å². The summed E-state index contributed by atoms with van der Waals surface area (Å²) < 4.78 is 2.07. The Labute approximate surface area is 149 Å². The summed E-state index contributed by atoms with van der Waals surface area (Å²) in [6, 6.07) is 10.8. The molecule has 25 heavy (non-hydrogen) atoms. The molecule has 6 heteroatoms. The van der Waals surface area contributed by atoms with Crippen molar-refractivity contribution >= 4 is 0 Å². The number of likely N-dealkylation sites (tertiary alicyclic amines) is 1. The van der Waals surface area contributed by atoms with Crippen molar-refractivity contribution in [3.05, 3.63) is 47.5 Å². The highest BCUT2D eigenvalue weighted by atomic mass is 16.3. The average molecular weight is 341 g/mol. The lowest BCUT2D eigenvalue weighted by atomic mass is 9.95. The zero-order chi connectivity index (χ0) is 17.1. The van der Waals surface area contributed by atoms with Gasteiger partial charge in [0.15, 0.2) is 5.82 Å². The molecule has 6 nitrogen and oxygen atoms in total. The fraction of sp³-hybridized carbons (Fsp3) is 0.579. The summed E-state index contributed by atoms with van der Waals surface area (Å²) in [5.74, 6) is 2.47. The first-order valence-corrected chi connectivity index (χ1v) is 9.32. The van der Waals surface area contributed by atoms with Crippen LogP contribution in [0.4, 0.5) is 0 Å². The van der Waals surface area contributed by atoms with Gasteiger partial charge in [-0.2, -0.15) is 0 Å². The average Bonchev–Trinajstić information content (AvgIpc) is 3.06. The smallest absolute Gasteiger partial charge is 0.158 e. The maximum Gasteiger partial charge on any atom is 0.158 e. The number of aromatic nitrogens is 3. The molecule has 1 fully saturated rings. The Morgan fingerprint density at radius 1 is 0.960 bits per heavy atom. The summed E-state index contributed by atoms with van der Waals surface area (Å²) in [7, 11) is 0. The Morgan fingerprint density at radius 3 is 2.52 bits per heavy atom. The highest BCUT2D eigenvalue weighted by Gasteiger charge is 2.25. The van der Waals surface area contributed by atoms with E-state index in [1.807, 2.05) is 0 Å². The number of aliphatic hydroxyl groups is 1. The SMILES string of the molecule is OCc1nnc2n1CCN(CC1CCN(Cc3ccccc3)CC1)C2. The largest absolute Gasteiger partial charge is 0.388 e. The monoisotopic (exact) mass is 341 g/mol. The molecule has 0 spiro atoms. The molecule has 4 rings (SSSR count). The third-order valence-corrected chi connectivity index (χ3v) is 5.52. The van der Waals surface area contributed by atoms with Crippen LogP contribution in [0.3, 0.4) is 0 Å². The molecule has 2 aliphatic heterocycles. The zero-order valence-corrected chi connectivity index (χ0v) is 14.7. The van der Waals surface area contributed by atoms with Crippen LogP contribution in [0.15, 0.2) is 30.3 Å². The van der Waals surface area contributed by atoms with Crippen molar-refractivity contribution in [2.24, 2.45) is 5.92 Å². The van der Waals surface area contributed by atoms with E-state index < -0.39 is 0 Å². The van der Waals surface area contributed by atoms with Crippen LogP contribution in [0, 0.1) is 5.92 Å². The molecule has 1 aromatic heterocycles. The molecule has 0 saturated carbocycles. The van der Waals surface area contributed by atoms with Crippen molar-refractivity contribution in [3.8, 4) is 0 Å². The van der Waals surface area contributed by atoms with E-state index in [-0.39, 0.29) is 6.61 Å². The molecule has 1 aromatic carbocycles. The Kier molecular flexibility index (Phi) is 5.10. The molecular weight excluding hydrogens is 314 g/mol. The zero-order valence-electron chi connectivity index (χ0n) is 14.7. The second-order valence-corrected chi connectivity index (χ2v) is 7.28. The van der Waals surface area contributed by atoms with Gasteiger partial charge >= 0.3 is 0 Å². The van der Waals surface area contributed by atoms with Crippen molar-refractivity contribution in [1.82, 2.24) is 24.6 Å². The van der Waals surface area contributed by atoms with Crippen LogP contribution in [-0.4, -0.2) is 55.8 Å². The maximum atomic E-state index is 9.30. The van der Waals surface area contributed by atoms with Gasteiger partial charge in [-0.15, -0.1) is 10.2 Å². The number of piperidine rings is 1. The predicted octanol–water partition coefficient (Wildman–Crippen LogP) is 1.50. The van der Waals surface area contributed by atoms with E-state index in [9.17, 15) is 5.11 Å². The van der Waals surface area contributed by atoms with E-state index >= 15 is 0 Å². The number of nitrogens with zero attached hydrogens (tertiary/aromatic N) is 5. The first-order chi connectivity index (χ1) is 12.3. The number of aliphatic hydroxyl groups excluding tert-OH is 1. The quantitative estimate of drug-likeness (QED) is 0.893. The van der Waals surface area contributed by atoms with Gasteiger partial charge in [0.05, 0.1) is 6.54 Å². The third kappa shape index (κ3) is 3.92. The first-order valence-electron chi connectivity index (χ1n) is 9.32. The number of hydrogen-bond donors (Lipinski definition) is 1. The molecule has 1 N–H and O–H groups in total. The molecular formula is C19H27N5O. The Morgan fingerprint density at radius 2 is 1.76 bits per heavy atom. The van der Waals surface area contributed by atoms with Crippen LogP contribution < -0.4 is 0 Å².